The number of rotatable bonds is 4. The lowest BCUT2D eigenvalue weighted by Gasteiger charge is -2.35. The van der Waals surface area contributed by atoms with E-state index in [2.05, 4.69) is 15.9 Å². The van der Waals surface area contributed by atoms with E-state index in [9.17, 15) is 4.79 Å². The quantitative estimate of drug-likeness (QED) is 0.730. The van der Waals surface area contributed by atoms with Crippen molar-refractivity contribution in [3.05, 3.63) is 0 Å². The lowest BCUT2D eigenvalue weighted by molar-refractivity contribution is -0.193. The molecule has 0 aromatic heterocycles. The average Bonchev–Trinajstić information content (AvgIpc) is 2.67. The van der Waals surface area contributed by atoms with Crippen LogP contribution in [0.4, 0.5) is 0 Å². The smallest absolute Gasteiger partial charge is 0.188 e. The van der Waals surface area contributed by atoms with E-state index in [1.165, 1.54) is 0 Å². The Morgan fingerprint density at radius 3 is 2.33 bits per heavy atom. The van der Waals surface area contributed by atoms with Crippen LogP contribution in [0, 0.1) is 0 Å². The van der Waals surface area contributed by atoms with E-state index < -0.39 is 10.6 Å². The van der Waals surface area contributed by atoms with E-state index in [1.807, 2.05) is 0 Å². The lowest BCUT2D eigenvalue weighted by atomic mass is 9.93. The largest absolute Gasteiger partial charge is 0.382 e. The molecule has 0 bridgehead atoms. The number of methoxy groups -OCH3 is 2. The van der Waals surface area contributed by atoms with Crippen LogP contribution in [0.1, 0.15) is 19.3 Å². The molecule has 0 amide bonds. The Kier molecular flexibility index (Phi) is 4.77. The van der Waals surface area contributed by atoms with Gasteiger partial charge in [0.1, 0.15) is 17.0 Å². The predicted octanol–water partition coefficient (Wildman–Crippen LogP) is 1.28. The van der Waals surface area contributed by atoms with Gasteiger partial charge in [-0.3, -0.25) is 4.79 Å². The Bertz CT molecular complexity index is 295. The fourth-order valence-electron chi connectivity index (χ4n) is 2.55. The Balaban J connectivity index is 2.12. The maximum atomic E-state index is 11.8. The van der Waals surface area contributed by atoms with Gasteiger partial charge in [0.25, 0.3) is 0 Å². The van der Waals surface area contributed by atoms with Crippen molar-refractivity contribution in [1.29, 1.82) is 0 Å². The molecule has 2 aliphatic rings. The van der Waals surface area contributed by atoms with Gasteiger partial charge in [-0.15, -0.1) is 0 Å². The highest BCUT2D eigenvalue weighted by atomic mass is 79.9. The SMILES string of the molecule is COC[C@@H]1OC2(CCCC(=O)C2Br)O[C@H]1COC. The van der Waals surface area contributed by atoms with E-state index in [0.717, 1.165) is 12.8 Å². The van der Waals surface area contributed by atoms with Gasteiger partial charge in [-0.2, -0.15) is 0 Å². The third-order valence-corrected chi connectivity index (χ3v) is 4.60. The molecule has 1 aliphatic carbocycles. The summed E-state index contributed by atoms with van der Waals surface area (Å²) in [6.45, 7) is 0.868. The van der Waals surface area contributed by atoms with Crippen molar-refractivity contribution in [2.24, 2.45) is 0 Å². The van der Waals surface area contributed by atoms with Crippen LogP contribution in [0.25, 0.3) is 0 Å². The van der Waals surface area contributed by atoms with Gasteiger partial charge in [-0.25, -0.2) is 0 Å². The first kappa shape index (κ1) is 14.4. The van der Waals surface area contributed by atoms with Crippen molar-refractivity contribution in [2.75, 3.05) is 27.4 Å². The summed E-state index contributed by atoms with van der Waals surface area (Å²) < 4.78 is 22.2. The van der Waals surface area contributed by atoms with E-state index >= 15 is 0 Å². The second-order valence-corrected chi connectivity index (χ2v) is 5.63. The van der Waals surface area contributed by atoms with E-state index in [0.29, 0.717) is 19.6 Å². The molecule has 3 atom stereocenters. The fraction of sp³-hybridized carbons (Fsp3) is 0.917. The summed E-state index contributed by atoms with van der Waals surface area (Å²) in [7, 11) is 3.24. The van der Waals surface area contributed by atoms with Gasteiger partial charge in [0.15, 0.2) is 11.6 Å². The lowest BCUT2D eigenvalue weighted by Crippen LogP contribution is -2.48. The summed E-state index contributed by atoms with van der Waals surface area (Å²) in [5, 5.41) is 0. The van der Waals surface area contributed by atoms with Gasteiger partial charge >= 0.3 is 0 Å². The summed E-state index contributed by atoms with van der Waals surface area (Å²) in [5.74, 6) is -0.711. The van der Waals surface area contributed by atoms with Crippen molar-refractivity contribution in [3.8, 4) is 0 Å². The Morgan fingerprint density at radius 2 is 1.83 bits per heavy atom. The second-order valence-electron chi connectivity index (χ2n) is 4.72. The Labute approximate surface area is 115 Å². The van der Waals surface area contributed by atoms with Gasteiger partial charge in [0, 0.05) is 27.1 Å². The number of carbonyl (C=O) groups excluding carboxylic acids is 1. The molecule has 1 saturated carbocycles. The molecule has 5 nitrogen and oxygen atoms in total. The maximum absolute atomic E-state index is 11.8. The predicted molar refractivity (Wildman–Crippen MR) is 67.8 cm³/mol. The minimum absolute atomic E-state index is 0.135. The molecule has 2 rings (SSSR count). The summed E-state index contributed by atoms with van der Waals surface area (Å²) in [6.07, 6.45) is 1.70. The minimum atomic E-state index is -0.846. The van der Waals surface area contributed by atoms with Gasteiger partial charge in [0.05, 0.1) is 13.2 Å². The van der Waals surface area contributed by atoms with Crippen LogP contribution >= 0.6 is 15.9 Å². The molecule has 104 valence electrons. The molecule has 1 aliphatic heterocycles. The van der Waals surface area contributed by atoms with Crippen LogP contribution < -0.4 is 0 Å². The molecule has 6 heteroatoms. The number of halogens is 1. The second kappa shape index (κ2) is 5.96. The molecule has 1 spiro atoms. The van der Waals surface area contributed by atoms with Gasteiger partial charge < -0.3 is 18.9 Å². The number of ether oxygens (including phenoxy) is 4. The molecule has 0 radical (unpaired) electrons. The zero-order chi connectivity index (χ0) is 13.2. The molecule has 0 N–H and O–H groups in total. The third-order valence-electron chi connectivity index (χ3n) is 3.40. The zero-order valence-electron chi connectivity index (χ0n) is 10.7. The number of carbonyl (C=O) groups is 1. The molecule has 0 aromatic carbocycles. The van der Waals surface area contributed by atoms with Gasteiger partial charge in [-0.1, -0.05) is 15.9 Å². The average molecular weight is 323 g/mol. The number of alkyl halides is 1. The molecular weight excluding hydrogens is 304 g/mol. The number of ketones is 1. The summed E-state index contributed by atoms with van der Waals surface area (Å²) in [6, 6.07) is 0. The standard InChI is InChI=1S/C12H19BrO5/c1-15-6-9-10(7-16-2)18-12(17-9)5-3-4-8(14)11(12)13/h9-11H,3-7H2,1-2H3/t9-,10-,11?/m0/s1. The number of Topliss-reactive ketones (excluding diaryl/α,β-unsaturated/α-hetero) is 1. The highest BCUT2D eigenvalue weighted by Crippen LogP contribution is 2.42. The van der Waals surface area contributed by atoms with Crippen molar-refractivity contribution < 1.29 is 23.7 Å². The van der Waals surface area contributed by atoms with Gasteiger partial charge in [-0.05, 0) is 6.42 Å². The van der Waals surface area contributed by atoms with Crippen LogP contribution in [0.3, 0.4) is 0 Å². The van der Waals surface area contributed by atoms with Crippen LogP contribution in [-0.2, 0) is 23.7 Å². The summed E-state index contributed by atoms with van der Waals surface area (Å²) in [5.41, 5.74) is 0. The zero-order valence-corrected chi connectivity index (χ0v) is 12.3. The Hall–Kier alpha value is -0.0100. The van der Waals surface area contributed by atoms with Crippen LogP contribution in [-0.4, -0.2) is 56.0 Å². The molecule has 1 unspecified atom stereocenters. The topological polar surface area (TPSA) is 54.0 Å². The van der Waals surface area contributed by atoms with E-state index in [1.54, 1.807) is 14.2 Å². The van der Waals surface area contributed by atoms with Crippen LogP contribution in [0.15, 0.2) is 0 Å². The van der Waals surface area contributed by atoms with Crippen LogP contribution in [0.5, 0.6) is 0 Å². The molecule has 18 heavy (non-hydrogen) atoms. The van der Waals surface area contributed by atoms with Crippen molar-refractivity contribution in [2.45, 2.75) is 42.1 Å². The maximum Gasteiger partial charge on any atom is 0.188 e. The number of hydrogen-bond acceptors (Lipinski definition) is 5. The fourth-order valence-corrected chi connectivity index (χ4v) is 3.22. The monoisotopic (exact) mass is 322 g/mol. The summed E-state index contributed by atoms with van der Waals surface area (Å²) >= 11 is 3.41. The molecular formula is C12H19BrO5. The molecule has 0 aromatic rings. The molecule has 1 heterocycles. The van der Waals surface area contributed by atoms with Crippen molar-refractivity contribution in [3.63, 3.8) is 0 Å². The third kappa shape index (κ3) is 2.63. The van der Waals surface area contributed by atoms with Crippen molar-refractivity contribution >= 4 is 21.7 Å². The first-order chi connectivity index (χ1) is 8.63. The molecule has 2 fully saturated rings. The minimum Gasteiger partial charge on any atom is -0.382 e. The molecule has 1 saturated heterocycles. The number of hydrogen-bond donors (Lipinski definition) is 0. The first-order valence-corrected chi connectivity index (χ1v) is 7.05. The van der Waals surface area contributed by atoms with E-state index in [4.69, 9.17) is 18.9 Å². The summed E-state index contributed by atoms with van der Waals surface area (Å²) in [4.78, 5) is 11.4. The van der Waals surface area contributed by atoms with Crippen molar-refractivity contribution in [1.82, 2.24) is 0 Å². The Morgan fingerprint density at radius 1 is 1.28 bits per heavy atom. The van der Waals surface area contributed by atoms with E-state index in [-0.39, 0.29) is 18.0 Å². The highest BCUT2D eigenvalue weighted by Gasteiger charge is 2.55. The van der Waals surface area contributed by atoms with Crippen LogP contribution in [0.2, 0.25) is 0 Å². The normalized spacial score (nSPS) is 35.3. The first-order valence-electron chi connectivity index (χ1n) is 6.13. The van der Waals surface area contributed by atoms with Gasteiger partial charge in [0.2, 0.25) is 0 Å². The highest BCUT2D eigenvalue weighted by molar-refractivity contribution is 9.10.